The van der Waals surface area contributed by atoms with Crippen LogP contribution in [0.15, 0.2) is 30.5 Å². The summed E-state index contributed by atoms with van der Waals surface area (Å²) in [7, 11) is 0. The number of pyridine rings is 2. The number of ether oxygens (including phenoxy) is 3. The summed E-state index contributed by atoms with van der Waals surface area (Å²) in [5.74, 6) is 1.80. The van der Waals surface area contributed by atoms with Gasteiger partial charge in [-0.1, -0.05) is 19.9 Å². The van der Waals surface area contributed by atoms with Crippen molar-refractivity contribution in [1.29, 1.82) is 5.26 Å². The van der Waals surface area contributed by atoms with Gasteiger partial charge in [0.1, 0.15) is 18.2 Å². The van der Waals surface area contributed by atoms with Gasteiger partial charge in [0, 0.05) is 55.6 Å². The second-order valence-electron chi connectivity index (χ2n) is 15.8. The quantitative estimate of drug-likeness (QED) is 0.160. The number of nitrogens with one attached hydrogen (secondary N) is 3. The SMILES string of the molecule is Cc1cnc(N[C@H]2CC[C@H](N[C@@H](C)COCc3nnnn3[C@@H](OC(=O)C(C)(C)C)C(C)C)CC2)cc1-c1cccc(NCC2(C#N)CCOCC2)n1. The van der Waals surface area contributed by atoms with Gasteiger partial charge in [-0.15, -0.1) is 5.10 Å². The summed E-state index contributed by atoms with van der Waals surface area (Å²) < 4.78 is 18.8. The highest BCUT2D eigenvalue weighted by atomic mass is 16.6. The zero-order chi connectivity index (χ0) is 37.3. The van der Waals surface area contributed by atoms with Gasteiger partial charge in [-0.3, -0.25) is 4.79 Å². The molecule has 2 atom stereocenters. The molecule has 5 rings (SSSR count). The summed E-state index contributed by atoms with van der Waals surface area (Å²) in [6.07, 6.45) is 6.88. The molecule has 4 heterocycles. The minimum Gasteiger partial charge on any atom is -0.439 e. The first kappa shape index (κ1) is 39.0. The van der Waals surface area contributed by atoms with Crippen LogP contribution in [-0.2, 0) is 25.6 Å². The van der Waals surface area contributed by atoms with Gasteiger partial charge in [0.05, 0.1) is 29.2 Å². The minimum atomic E-state index is -0.631. The summed E-state index contributed by atoms with van der Waals surface area (Å²) in [6.45, 7) is 16.1. The molecule has 1 aliphatic heterocycles. The molecular formula is C38H56N10O4. The predicted molar refractivity (Wildman–Crippen MR) is 198 cm³/mol. The van der Waals surface area contributed by atoms with E-state index in [1.54, 1.807) is 4.68 Å². The molecule has 0 bridgehead atoms. The molecule has 14 nitrogen and oxygen atoms in total. The molecule has 3 aromatic rings. The molecule has 2 fully saturated rings. The van der Waals surface area contributed by atoms with E-state index >= 15 is 0 Å². The molecule has 1 saturated carbocycles. The summed E-state index contributed by atoms with van der Waals surface area (Å²) in [6, 6.07) is 11.4. The fourth-order valence-corrected chi connectivity index (χ4v) is 6.56. The van der Waals surface area contributed by atoms with Crippen LogP contribution in [0, 0.1) is 35.0 Å². The number of carbonyl (C=O) groups excluding carboxylic acids is 1. The summed E-state index contributed by atoms with van der Waals surface area (Å²) in [4.78, 5) is 22.2. The van der Waals surface area contributed by atoms with Crippen LogP contribution in [0.2, 0.25) is 0 Å². The standard InChI is InChI=1S/C38H56N10O4/c1-25(2)35(52-36(49)37(5,6)7)48-34(45-46-47-48)22-51-21-27(4)42-28-11-13-29(14-12-28)43-33-19-30(26(3)20-40-33)31-9-8-10-32(44-31)41-24-38(23-39)15-17-50-18-16-38/h8-10,19-20,25,27-29,35,42H,11-18,21-22,24H2,1-7H3,(H,40,43)(H,41,44)/t27-,28-,29-,35-/m0/s1. The maximum Gasteiger partial charge on any atom is 0.313 e. The lowest BCUT2D eigenvalue weighted by atomic mass is 9.82. The highest BCUT2D eigenvalue weighted by Crippen LogP contribution is 2.31. The fourth-order valence-electron chi connectivity index (χ4n) is 6.56. The minimum absolute atomic E-state index is 0.0219. The van der Waals surface area contributed by atoms with Gasteiger partial charge in [0.15, 0.2) is 5.82 Å². The van der Waals surface area contributed by atoms with Crippen molar-refractivity contribution in [1.82, 2.24) is 35.5 Å². The number of hydrogen-bond acceptors (Lipinski definition) is 13. The molecule has 3 N–H and O–H groups in total. The molecule has 14 heteroatoms. The molecule has 0 spiro atoms. The highest BCUT2D eigenvalue weighted by molar-refractivity contribution is 5.75. The zero-order valence-corrected chi connectivity index (χ0v) is 31.8. The Balaban J connectivity index is 1.07. The summed E-state index contributed by atoms with van der Waals surface area (Å²) in [5.41, 5.74) is 1.90. The number of tetrazole rings is 1. The number of nitriles is 1. The van der Waals surface area contributed by atoms with Crippen molar-refractivity contribution in [2.75, 3.05) is 37.0 Å². The van der Waals surface area contributed by atoms with Crippen LogP contribution in [0.3, 0.4) is 0 Å². The van der Waals surface area contributed by atoms with E-state index in [9.17, 15) is 10.1 Å². The Labute approximate surface area is 307 Å². The Kier molecular flexibility index (Phi) is 13.2. The van der Waals surface area contributed by atoms with Crippen LogP contribution in [0.4, 0.5) is 11.6 Å². The van der Waals surface area contributed by atoms with E-state index in [1.165, 1.54) is 0 Å². The number of anilines is 2. The third-order valence-electron chi connectivity index (χ3n) is 9.83. The molecule has 0 unspecified atom stereocenters. The lowest BCUT2D eigenvalue weighted by molar-refractivity contribution is -0.168. The second-order valence-corrected chi connectivity index (χ2v) is 15.8. The van der Waals surface area contributed by atoms with Gasteiger partial charge in [0.25, 0.3) is 0 Å². The van der Waals surface area contributed by atoms with E-state index in [0.717, 1.165) is 67.0 Å². The second kappa shape index (κ2) is 17.6. The van der Waals surface area contributed by atoms with Crippen LogP contribution >= 0.6 is 0 Å². The third kappa shape index (κ3) is 10.5. The Morgan fingerprint density at radius 3 is 2.54 bits per heavy atom. The number of aromatic nitrogens is 6. The summed E-state index contributed by atoms with van der Waals surface area (Å²) in [5, 5.41) is 32.7. The highest BCUT2D eigenvalue weighted by Gasteiger charge is 2.33. The van der Waals surface area contributed by atoms with Crippen molar-refractivity contribution in [3.05, 3.63) is 41.9 Å². The normalized spacial score (nSPS) is 20.1. The van der Waals surface area contributed by atoms with E-state index in [4.69, 9.17) is 24.2 Å². The van der Waals surface area contributed by atoms with Crippen LogP contribution in [0.1, 0.15) is 97.7 Å². The lowest BCUT2D eigenvalue weighted by Crippen LogP contribution is -2.43. The van der Waals surface area contributed by atoms with Crippen LogP contribution in [-0.4, -0.2) is 80.6 Å². The number of aryl methyl sites for hydroxylation is 1. The molecule has 0 aromatic carbocycles. The van der Waals surface area contributed by atoms with Crippen LogP contribution in [0.25, 0.3) is 11.3 Å². The largest absolute Gasteiger partial charge is 0.439 e. The van der Waals surface area contributed by atoms with Crippen LogP contribution in [0.5, 0.6) is 0 Å². The van der Waals surface area contributed by atoms with Gasteiger partial charge < -0.3 is 30.2 Å². The molecule has 2 aliphatic rings. The van der Waals surface area contributed by atoms with Crippen molar-refractivity contribution < 1.29 is 19.0 Å². The van der Waals surface area contributed by atoms with E-state index in [2.05, 4.69) is 57.5 Å². The number of carbonyl (C=O) groups is 1. The Morgan fingerprint density at radius 1 is 1.12 bits per heavy atom. The van der Waals surface area contributed by atoms with Gasteiger partial charge in [0.2, 0.25) is 6.23 Å². The van der Waals surface area contributed by atoms with Gasteiger partial charge in [-0.25, -0.2) is 9.97 Å². The number of rotatable bonds is 15. The topological polar surface area (TPSA) is 174 Å². The Bertz CT molecular complexity index is 1650. The van der Waals surface area contributed by atoms with Gasteiger partial charge in [-0.2, -0.15) is 9.94 Å². The Morgan fingerprint density at radius 2 is 1.85 bits per heavy atom. The average Bonchev–Trinajstić information content (AvgIpc) is 3.59. The van der Waals surface area contributed by atoms with Gasteiger partial charge in [-0.05, 0) is 107 Å². The molecule has 1 aliphatic carbocycles. The summed E-state index contributed by atoms with van der Waals surface area (Å²) >= 11 is 0. The molecule has 282 valence electrons. The van der Waals surface area contributed by atoms with E-state index in [-0.39, 0.29) is 24.5 Å². The molecule has 3 aromatic heterocycles. The third-order valence-corrected chi connectivity index (χ3v) is 9.83. The monoisotopic (exact) mass is 716 g/mol. The smallest absolute Gasteiger partial charge is 0.313 e. The number of nitrogens with zero attached hydrogens (tertiary/aromatic N) is 7. The molecular weight excluding hydrogens is 660 g/mol. The Hall–Kier alpha value is -4.19. The molecule has 1 saturated heterocycles. The van der Waals surface area contributed by atoms with Crippen LogP contribution < -0.4 is 16.0 Å². The van der Waals surface area contributed by atoms with E-state index in [0.29, 0.717) is 44.3 Å². The first-order valence-corrected chi connectivity index (χ1v) is 18.6. The number of hydrogen-bond donors (Lipinski definition) is 3. The lowest BCUT2D eigenvalue weighted by Gasteiger charge is -2.32. The van der Waals surface area contributed by atoms with Gasteiger partial charge >= 0.3 is 5.97 Å². The zero-order valence-electron chi connectivity index (χ0n) is 31.8. The van der Waals surface area contributed by atoms with E-state index in [1.807, 2.05) is 59.0 Å². The van der Waals surface area contributed by atoms with E-state index < -0.39 is 17.1 Å². The van der Waals surface area contributed by atoms with Crippen molar-refractivity contribution in [3.8, 4) is 17.3 Å². The number of esters is 1. The van der Waals surface area contributed by atoms with Crippen molar-refractivity contribution in [3.63, 3.8) is 0 Å². The first-order valence-electron chi connectivity index (χ1n) is 18.6. The molecule has 52 heavy (non-hydrogen) atoms. The molecule has 0 amide bonds. The maximum absolute atomic E-state index is 12.6. The molecule has 0 radical (unpaired) electrons. The maximum atomic E-state index is 12.6. The van der Waals surface area contributed by atoms with Crippen molar-refractivity contribution >= 4 is 17.6 Å². The first-order chi connectivity index (χ1) is 24.9. The van der Waals surface area contributed by atoms with Crippen molar-refractivity contribution in [2.45, 2.75) is 118 Å². The average molecular weight is 717 g/mol. The van der Waals surface area contributed by atoms with Crippen molar-refractivity contribution in [2.24, 2.45) is 16.7 Å². The predicted octanol–water partition coefficient (Wildman–Crippen LogP) is 5.83. The fraction of sp³-hybridized carbons (Fsp3) is 0.658.